The van der Waals surface area contributed by atoms with E-state index in [9.17, 15) is 4.79 Å². The number of likely N-dealkylation sites (tertiary alicyclic amines) is 1. The fourth-order valence-corrected chi connectivity index (χ4v) is 1.60. The molecule has 1 aliphatic rings. The quantitative estimate of drug-likeness (QED) is 0.664. The van der Waals surface area contributed by atoms with Gasteiger partial charge in [0.15, 0.2) is 0 Å². The molecule has 4 nitrogen and oxygen atoms in total. The Bertz CT molecular complexity index is 196. The lowest BCUT2D eigenvalue weighted by Gasteiger charge is -2.16. The van der Waals surface area contributed by atoms with Gasteiger partial charge in [0.25, 0.3) is 0 Å². The highest BCUT2D eigenvalue weighted by Crippen LogP contribution is 2.07. The number of nitrogens with zero attached hydrogens (tertiary/aromatic N) is 2. The second-order valence-corrected chi connectivity index (χ2v) is 3.95. The molecule has 1 saturated heterocycles. The highest BCUT2D eigenvalue weighted by Gasteiger charge is 2.27. The smallest absolute Gasteiger partial charge is 0.239 e. The molecule has 14 heavy (non-hydrogen) atoms. The second-order valence-electron chi connectivity index (χ2n) is 3.95. The van der Waals surface area contributed by atoms with Crippen molar-refractivity contribution in [1.29, 1.82) is 0 Å². The summed E-state index contributed by atoms with van der Waals surface area (Å²) in [6.07, 6.45) is 0.950. The van der Waals surface area contributed by atoms with Crippen molar-refractivity contribution in [3.63, 3.8) is 0 Å². The average molecular weight is 199 g/mol. The van der Waals surface area contributed by atoms with Gasteiger partial charge >= 0.3 is 0 Å². The summed E-state index contributed by atoms with van der Waals surface area (Å²) < 4.78 is 0. The van der Waals surface area contributed by atoms with Crippen molar-refractivity contribution in [3.05, 3.63) is 0 Å². The highest BCUT2D eigenvalue weighted by molar-refractivity contribution is 5.83. The Morgan fingerprint density at radius 2 is 2.36 bits per heavy atom. The molecule has 1 amide bonds. The van der Waals surface area contributed by atoms with Crippen LogP contribution in [-0.4, -0.2) is 62.0 Å². The van der Waals surface area contributed by atoms with E-state index in [0.29, 0.717) is 0 Å². The number of carbonyl (C=O) groups excluding carboxylic acids is 1. The van der Waals surface area contributed by atoms with Gasteiger partial charge in [-0.1, -0.05) is 6.92 Å². The van der Waals surface area contributed by atoms with Gasteiger partial charge in [0.2, 0.25) is 5.91 Å². The first-order valence-electron chi connectivity index (χ1n) is 5.32. The zero-order valence-electron chi connectivity index (χ0n) is 9.42. The first-order chi connectivity index (χ1) is 6.65. The average Bonchev–Trinajstić information content (AvgIpc) is 2.49. The molecular formula is C10H21N3O. The highest BCUT2D eigenvalue weighted by atomic mass is 16.2. The summed E-state index contributed by atoms with van der Waals surface area (Å²) >= 11 is 0. The Morgan fingerprint density at radius 1 is 1.64 bits per heavy atom. The van der Waals surface area contributed by atoms with Crippen molar-refractivity contribution < 1.29 is 4.79 Å². The molecule has 1 aliphatic heterocycles. The predicted octanol–water partition coefficient (Wildman–Crippen LogP) is -0.242. The van der Waals surface area contributed by atoms with Crippen LogP contribution in [-0.2, 0) is 4.79 Å². The van der Waals surface area contributed by atoms with E-state index in [0.717, 1.165) is 32.6 Å². The van der Waals surface area contributed by atoms with E-state index in [4.69, 9.17) is 0 Å². The first-order valence-corrected chi connectivity index (χ1v) is 5.32. The molecule has 82 valence electrons. The zero-order chi connectivity index (χ0) is 10.6. The van der Waals surface area contributed by atoms with Gasteiger partial charge < -0.3 is 15.1 Å². The number of rotatable bonds is 5. The fraction of sp³-hybridized carbons (Fsp3) is 0.900. The summed E-state index contributed by atoms with van der Waals surface area (Å²) in [5.74, 6) is 0.240. The summed E-state index contributed by atoms with van der Waals surface area (Å²) in [6.45, 7) is 5.98. The molecule has 1 unspecified atom stereocenters. The number of amides is 1. The van der Waals surface area contributed by atoms with Gasteiger partial charge in [0.1, 0.15) is 0 Å². The Kier molecular flexibility index (Phi) is 4.35. The van der Waals surface area contributed by atoms with Gasteiger partial charge in [0.05, 0.1) is 6.04 Å². The van der Waals surface area contributed by atoms with Crippen LogP contribution in [0.2, 0.25) is 0 Å². The number of nitrogens with one attached hydrogen (secondary N) is 1. The van der Waals surface area contributed by atoms with E-state index in [1.807, 2.05) is 7.05 Å². The van der Waals surface area contributed by atoms with Crippen LogP contribution in [0.3, 0.4) is 0 Å². The summed E-state index contributed by atoms with van der Waals surface area (Å²) in [4.78, 5) is 15.5. The molecule has 0 aromatic rings. The monoisotopic (exact) mass is 199 g/mol. The Hall–Kier alpha value is -0.610. The van der Waals surface area contributed by atoms with E-state index in [1.54, 1.807) is 4.90 Å². The van der Waals surface area contributed by atoms with Crippen molar-refractivity contribution in [2.45, 2.75) is 19.4 Å². The lowest BCUT2D eigenvalue weighted by molar-refractivity contribution is -0.128. The van der Waals surface area contributed by atoms with E-state index in [2.05, 4.69) is 24.2 Å². The van der Waals surface area contributed by atoms with Crippen molar-refractivity contribution in [1.82, 2.24) is 15.1 Å². The molecule has 1 rings (SSSR count). The topological polar surface area (TPSA) is 35.6 Å². The molecule has 1 N–H and O–H groups in total. The largest absolute Gasteiger partial charge is 0.344 e. The SMILES string of the molecule is CCN(C)CCNC1CCN(C)C1=O. The van der Waals surface area contributed by atoms with Crippen LogP contribution < -0.4 is 5.32 Å². The number of hydrogen-bond donors (Lipinski definition) is 1. The lowest BCUT2D eigenvalue weighted by atomic mass is 10.2. The van der Waals surface area contributed by atoms with E-state index in [-0.39, 0.29) is 11.9 Å². The molecule has 0 radical (unpaired) electrons. The summed E-state index contributed by atoms with van der Waals surface area (Å²) in [5.41, 5.74) is 0. The zero-order valence-corrected chi connectivity index (χ0v) is 9.42. The minimum atomic E-state index is 0.0604. The standard InChI is InChI=1S/C10H21N3O/c1-4-12(2)8-6-11-9-5-7-13(3)10(9)14/h9,11H,4-8H2,1-3H3. The van der Waals surface area contributed by atoms with E-state index in [1.165, 1.54) is 0 Å². The molecule has 0 spiro atoms. The number of carbonyl (C=O) groups is 1. The van der Waals surface area contributed by atoms with Crippen LogP contribution in [0, 0.1) is 0 Å². The molecule has 0 aliphatic carbocycles. The molecule has 0 aromatic heterocycles. The number of hydrogen-bond acceptors (Lipinski definition) is 3. The summed E-state index contributed by atoms with van der Waals surface area (Å²) in [7, 11) is 3.95. The molecule has 4 heteroatoms. The van der Waals surface area contributed by atoms with Gasteiger partial charge in [-0.05, 0) is 20.0 Å². The van der Waals surface area contributed by atoms with Crippen molar-refractivity contribution in [3.8, 4) is 0 Å². The third-order valence-electron chi connectivity index (χ3n) is 2.85. The number of likely N-dealkylation sites (N-methyl/N-ethyl adjacent to an activating group) is 2. The summed E-state index contributed by atoms with van der Waals surface area (Å²) in [5, 5.41) is 3.29. The Labute approximate surface area is 86.2 Å². The minimum absolute atomic E-state index is 0.0604. The van der Waals surface area contributed by atoms with Crippen molar-refractivity contribution in [2.75, 3.05) is 40.3 Å². The molecule has 0 bridgehead atoms. The Morgan fingerprint density at radius 3 is 2.86 bits per heavy atom. The second kappa shape index (κ2) is 5.32. The Balaban J connectivity index is 2.16. The minimum Gasteiger partial charge on any atom is -0.344 e. The lowest BCUT2D eigenvalue weighted by Crippen LogP contribution is -2.40. The first kappa shape index (κ1) is 11.5. The van der Waals surface area contributed by atoms with Crippen molar-refractivity contribution >= 4 is 5.91 Å². The molecule has 0 saturated carbocycles. The van der Waals surface area contributed by atoms with Crippen LogP contribution in [0.5, 0.6) is 0 Å². The van der Waals surface area contributed by atoms with E-state index >= 15 is 0 Å². The fourth-order valence-electron chi connectivity index (χ4n) is 1.60. The van der Waals surface area contributed by atoms with Crippen LogP contribution >= 0.6 is 0 Å². The molecule has 0 aromatic carbocycles. The third-order valence-corrected chi connectivity index (χ3v) is 2.85. The van der Waals surface area contributed by atoms with Gasteiger partial charge in [-0.2, -0.15) is 0 Å². The maximum atomic E-state index is 11.5. The molecule has 1 atom stereocenters. The van der Waals surface area contributed by atoms with Crippen LogP contribution in [0.1, 0.15) is 13.3 Å². The van der Waals surface area contributed by atoms with Crippen molar-refractivity contribution in [2.24, 2.45) is 0 Å². The van der Waals surface area contributed by atoms with E-state index < -0.39 is 0 Å². The molecular weight excluding hydrogens is 178 g/mol. The normalized spacial score (nSPS) is 22.4. The van der Waals surface area contributed by atoms with Gasteiger partial charge in [-0.25, -0.2) is 0 Å². The van der Waals surface area contributed by atoms with Crippen LogP contribution in [0.25, 0.3) is 0 Å². The maximum absolute atomic E-state index is 11.5. The third kappa shape index (κ3) is 2.96. The van der Waals surface area contributed by atoms with Crippen LogP contribution in [0.15, 0.2) is 0 Å². The van der Waals surface area contributed by atoms with Crippen LogP contribution in [0.4, 0.5) is 0 Å². The van der Waals surface area contributed by atoms with Gasteiger partial charge in [-0.15, -0.1) is 0 Å². The van der Waals surface area contributed by atoms with Gasteiger partial charge in [-0.3, -0.25) is 4.79 Å². The maximum Gasteiger partial charge on any atom is 0.239 e. The van der Waals surface area contributed by atoms with Gasteiger partial charge in [0, 0.05) is 26.7 Å². The summed E-state index contributed by atoms with van der Waals surface area (Å²) in [6, 6.07) is 0.0604. The molecule has 1 fully saturated rings. The molecule has 1 heterocycles. The predicted molar refractivity (Wildman–Crippen MR) is 57.2 cm³/mol.